The summed E-state index contributed by atoms with van der Waals surface area (Å²) in [6, 6.07) is 9.88. The highest BCUT2D eigenvalue weighted by Gasteiger charge is 2.23. The maximum Gasteiger partial charge on any atom is 0.0247 e. The number of rotatable bonds is 3. The molecule has 1 aromatic rings. The summed E-state index contributed by atoms with van der Waals surface area (Å²) in [5.41, 5.74) is 3.10. The molecule has 1 aliphatic heterocycles. The Labute approximate surface area is 130 Å². The molecule has 1 N–H and O–H groups in total. The summed E-state index contributed by atoms with van der Waals surface area (Å²) in [5.74, 6) is 0.699. The largest absolute Gasteiger partial charge is 0.315 e. The first-order valence-electron chi connectivity index (χ1n) is 8.42. The second-order valence-corrected chi connectivity index (χ2v) is 7.79. The third-order valence-corrected chi connectivity index (χ3v) is 4.60. The van der Waals surface area contributed by atoms with Crippen LogP contribution in [-0.4, -0.2) is 30.6 Å². The van der Waals surface area contributed by atoms with E-state index in [0.29, 0.717) is 12.0 Å². The van der Waals surface area contributed by atoms with Crippen LogP contribution in [0.2, 0.25) is 0 Å². The molecule has 1 aliphatic rings. The molecule has 2 nitrogen and oxygen atoms in total. The minimum absolute atomic E-state index is 0.242. The number of hydrogen-bond donors (Lipinski definition) is 1. The maximum atomic E-state index is 3.58. The van der Waals surface area contributed by atoms with E-state index in [1.807, 2.05) is 0 Å². The van der Waals surface area contributed by atoms with Gasteiger partial charge in [-0.2, -0.15) is 0 Å². The molecule has 0 radical (unpaired) electrons. The second kappa shape index (κ2) is 6.93. The van der Waals surface area contributed by atoms with Crippen LogP contribution in [0.25, 0.3) is 0 Å². The monoisotopic (exact) mass is 288 g/mol. The van der Waals surface area contributed by atoms with E-state index in [1.165, 1.54) is 24.1 Å². The quantitative estimate of drug-likeness (QED) is 0.910. The summed E-state index contributed by atoms with van der Waals surface area (Å²) in [7, 11) is 0. The molecule has 0 spiro atoms. The van der Waals surface area contributed by atoms with Crippen LogP contribution in [-0.2, 0) is 12.0 Å². The van der Waals surface area contributed by atoms with Gasteiger partial charge < -0.3 is 5.32 Å². The molecule has 2 heteroatoms. The molecule has 1 fully saturated rings. The molecule has 1 unspecified atom stereocenters. The summed E-state index contributed by atoms with van der Waals surface area (Å²) in [4.78, 5) is 2.66. The summed E-state index contributed by atoms with van der Waals surface area (Å²) in [6.45, 7) is 16.1. The first kappa shape index (κ1) is 16.5. The smallest absolute Gasteiger partial charge is 0.0247 e. The van der Waals surface area contributed by atoms with Crippen LogP contribution in [0, 0.1) is 5.92 Å². The third-order valence-electron chi connectivity index (χ3n) is 4.60. The summed E-state index contributed by atoms with van der Waals surface area (Å²) >= 11 is 0. The van der Waals surface area contributed by atoms with Crippen molar-refractivity contribution in [2.75, 3.05) is 19.6 Å². The predicted molar refractivity (Wildman–Crippen MR) is 91.7 cm³/mol. The van der Waals surface area contributed by atoms with Crippen molar-refractivity contribution in [2.45, 2.75) is 59.0 Å². The molecule has 2 rings (SSSR count). The van der Waals surface area contributed by atoms with Crippen LogP contribution < -0.4 is 5.32 Å². The first-order chi connectivity index (χ1) is 9.88. The topological polar surface area (TPSA) is 15.3 Å². The lowest BCUT2D eigenvalue weighted by molar-refractivity contribution is 0.158. The van der Waals surface area contributed by atoms with Gasteiger partial charge in [-0.1, -0.05) is 58.9 Å². The van der Waals surface area contributed by atoms with Crippen LogP contribution >= 0.6 is 0 Å². The standard InChI is InChI=1S/C19H32N2/c1-15(2)18-13-20-11-6-12-21(18)14-16-7-9-17(10-8-16)19(3,4)5/h7-10,15,18,20H,6,11-14H2,1-5H3. The second-order valence-electron chi connectivity index (χ2n) is 7.79. The van der Waals surface area contributed by atoms with Crippen LogP contribution in [0.1, 0.15) is 52.2 Å². The van der Waals surface area contributed by atoms with Crippen molar-refractivity contribution < 1.29 is 0 Å². The predicted octanol–water partition coefficient (Wildman–Crippen LogP) is 3.80. The highest BCUT2D eigenvalue weighted by Crippen LogP contribution is 2.23. The van der Waals surface area contributed by atoms with Crippen molar-refractivity contribution in [3.05, 3.63) is 35.4 Å². The highest BCUT2D eigenvalue weighted by molar-refractivity contribution is 5.27. The number of hydrogen-bond acceptors (Lipinski definition) is 2. The van der Waals surface area contributed by atoms with E-state index in [9.17, 15) is 0 Å². The fourth-order valence-electron chi connectivity index (χ4n) is 3.15. The average molecular weight is 288 g/mol. The SMILES string of the molecule is CC(C)C1CNCCCN1Cc1ccc(C(C)(C)C)cc1. The van der Waals surface area contributed by atoms with Gasteiger partial charge in [0.25, 0.3) is 0 Å². The van der Waals surface area contributed by atoms with Crippen molar-refractivity contribution in [3.8, 4) is 0 Å². The zero-order chi connectivity index (χ0) is 15.5. The van der Waals surface area contributed by atoms with Crippen LogP contribution in [0.5, 0.6) is 0 Å². The Kier molecular flexibility index (Phi) is 5.45. The molecule has 0 aromatic heterocycles. The summed E-state index contributed by atoms with van der Waals surface area (Å²) in [5, 5.41) is 3.58. The maximum absolute atomic E-state index is 3.58. The summed E-state index contributed by atoms with van der Waals surface area (Å²) < 4.78 is 0. The highest BCUT2D eigenvalue weighted by atomic mass is 15.2. The van der Waals surface area contributed by atoms with E-state index >= 15 is 0 Å². The Morgan fingerprint density at radius 2 is 1.86 bits per heavy atom. The van der Waals surface area contributed by atoms with Gasteiger partial charge in [0.1, 0.15) is 0 Å². The molecule has 0 saturated carbocycles. The minimum Gasteiger partial charge on any atom is -0.315 e. The molecule has 0 bridgehead atoms. The van der Waals surface area contributed by atoms with E-state index in [-0.39, 0.29) is 5.41 Å². The van der Waals surface area contributed by atoms with E-state index < -0.39 is 0 Å². The van der Waals surface area contributed by atoms with Crippen molar-refractivity contribution in [1.29, 1.82) is 0 Å². The number of benzene rings is 1. The van der Waals surface area contributed by atoms with E-state index in [1.54, 1.807) is 0 Å². The van der Waals surface area contributed by atoms with Gasteiger partial charge in [0.15, 0.2) is 0 Å². The lowest BCUT2D eigenvalue weighted by atomic mass is 9.86. The molecule has 1 heterocycles. The molecule has 0 aliphatic carbocycles. The van der Waals surface area contributed by atoms with Gasteiger partial charge >= 0.3 is 0 Å². The van der Waals surface area contributed by atoms with Gasteiger partial charge in [0.05, 0.1) is 0 Å². The van der Waals surface area contributed by atoms with Crippen molar-refractivity contribution in [1.82, 2.24) is 10.2 Å². The zero-order valence-corrected chi connectivity index (χ0v) is 14.4. The van der Waals surface area contributed by atoms with E-state index in [2.05, 4.69) is 69.1 Å². The van der Waals surface area contributed by atoms with E-state index in [0.717, 1.165) is 19.6 Å². The molecular formula is C19H32N2. The average Bonchev–Trinajstić information content (AvgIpc) is 2.64. The third kappa shape index (κ3) is 4.55. The lowest BCUT2D eigenvalue weighted by Gasteiger charge is -2.32. The van der Waals surface area contributed by atoms with E-state index in [4.69, 9.17) is 0 Å². The van der Waals surface area contributed by atoms with Gasteiger partial charge in [0.2, 0.25) is 0 Å². The Bertz CT molecular complexity index is 428. The van der Waals surface area contributed by atoms with Gasteiger partial charge in [0, 0.05) is 25.7 Å². The normalized spacial score (nSPS) is 21.5. The van der Waals surface area contributed by atoms with Crippen molar-refractivity contribution in [3.63, 3.8) is 0 Å². The van der Waals surface area contributed by atoms with Crippen LogP contribution in [0.3, 0.4) is 0 Å². The molecule has 1 atom stereocenters. The Hall–Kier alpha value is -0.860. The fourth-order valence-corrected chi connectivity index (χ4v) is 3.15. The Balaban J connectivity index is 2.08. The van der Waals surface area contributed by atoms with Gasteiger partial charge in [-0.05, 0) is 35.4 Å². The number of nitrogens with zero attached hydrogens (tertiary/aromatic N) is 1. The molecule has 1 saturated heterocycles. The molecule has 1 aromatic carbocycles. The number of nitrogens with one attached hydrogen (secondary N) is 1. The van der Waals surface area contributed by atoms with Crippen molar-refractivity contribution in [2.24, 2.45) is 5.92 Å². The summed E-state index contributed by atoms with van der Waals surface area (Å²) in [6.07, 6.45) is 1.25. The Morgan fingerprint density at radius 3 is 2.43 bits per heavy atom. The molecule has 118 valence electrons. The molecule has 0 amide bonds. The minimum atomic E-state index is 0.242. The van der Waals surface area contributed by atoms with Crippen LogP contribution in [0.4, 0.5) is 0 Å². The van der Waals surface area contributed by atoms with Crippen LogP contribution in [0.15, 0.2) is 24.3 Å². The van der Waals surface area contributed by atoms with Crippen molar-refractivity contribution >= 4 is 0 Å². The fraction of sp³-hybridized carbons (Fsp3) is 0.684. The zero-order valence-electron chi connectivity index (χ0n) is 14.4. The van der Waals surface area contributed by atoms with Gasteiger partial charge in [-0.15, -0.1) is 0 Å². The first-order valence-corrected chi connectivity index (χ1v) is 8.42. The Morgan fingerprint density at radius 1 is 1.19 bits per heavy atom. The van der Waals surface area contributed by atoms with Gasteiger partial charge in [-0.3, -0.25) is 4.90 Å². The lowest BCUT2D eigenvalue weighted by Crippen LogP contribution is -2.42. The molecular weight excluding hydrogens is 256 g/mol. The van der Waals surface area contributed by atoms with Gasteiger partial charge in [-0.25, -0.2) is 0 Å². The molecule has 21 heavy (non-hydrogen) atoms.